The van der Waals surface area contributed by atoms with Crippen molar-refractivity contribution >= 4 is 25.5 Å². The summed E-state index contributed by atoms with van der Waals surface area (Å²) in [4.78, 5) is 27.9. The van der Waals surface area contributed by atoms with Crippen LogP contribution in [-0.2, 0) is 11.5 Å². The van der Waals surface area contributed by atoms with E-state index in [1.165, 1.54) is 23.3 Å². The molecule has 0 spiro atoms. The molecule has 0 unspecified atom stereocenters. The van der Waals surface area contributed by atoms with E-state index in [4.69, 9.17) is 9.84 Å². The SMILES string of the molecule is Cc1c(-c2cnn(C(=O)O)c2)c(=O)n2nc(-c3ccccc3)c(N3CCCCC3)c2n1COCC[Si](C)(C)C. The van der Waals surface area contributed by atoms with Crippen molar-refractivity contribution in [2.45, 2.75) is 58.6 Å². The van der Waals surface area contributed by atoms with Crippen molar-refractivity contribution < 1.29 is 14.6 Å². The zero-order chi connectivity index (χ0) is 27.7. The van der Waals surface area contributed by atoms with Gasteiger partial charge < -0.3 is 19.3 Å². The van der Waals surface area contributed by atoms with Crippen molar-refractivity contribution in [1.29, 1.82) is 0 Å². The number of hydrogen-bond donors (Lipinski definition) is 1. The number of carboxylic acid groups (broad SMARTS) is 1. The second-order valence-electron chi connectivity index (χ2n) is 11.3. The summed E-state index contributed by atoms with van der Waals surface area (Å²) in [7, 11) is -1.30. The van der Waals surface area contributed by atoms with E-state index in [9.17, 15) is 14.7 Å². The lowest BCUT2D eigenvalue weighted by Crippen LogP contribution is -2.31. The fourth-order valence-electron chi connectivity index (χ4n) is 5.12. The average molecular weight is 549 g/mol. The molecule has 0 radical (unpaired) electrons. The Bertz CT molecular complexity index is 1540. The quantitative estimate of drug-likeness (QED) is 0.239. The highest BCUT2D eigenvalue weighted by molar-refractivity contribution is 6.76. The first-order valence-corrected chi connectivity index (χ1v) is 17.2. The number of hydrogen-bond acceptors (Lipinski definition) is 6. The zero-order valence-electron chi connectivity index (χ0n) is 23.1. The first-order chi connectivity index (χ1) is 18.7. The van der Waals surface area contributed by atoms with Gasteiger partial charge in [0.2, 0.25) is 0 Å². The molecule has 0 amide bonds. The van der Waals surface area contributed by atoms with Gasteiger partial charge in [-0.2, -0.15) is 19.4 Å². The van der Waals surface area contributed by atoms with Crippen LogP contribution in [0.25, 0.3) is 28.0 Å². The first-order valence-electron chi connectivity index (χ1n) is 13.5. The Kier molecular flexibility index (Phi) is 7.46. The van der Waals surface area contributed by atoms with Gasteiger partial charge in [0.25, 0.3) is 5.56 Å². The third-order valence-electron chi connectivity index (χ3n) is 7.27. The summed E-state index contributed by atoms with van der Waals surface area (Å²) < 4.78 is 10.5. The largest absolute Gasteiger partial charge is 0.463 e. The van der Waals surface area contributed by atoms with Gasteiger partial charge in [-0.3, -0.25) is 4.79 Å². The molecule has 0 aliphatic carbocycles. The minimum Gasteiger partial charge on any atom is -0.463 e. The third kappa shape index (κ3) is 5.41. The van der Waals surface area contributed by atoms with Gasteiger partial charge in [-0.25, -0.2) is 4.79 Å². The van der Waals surface area contributed by atoms with Crippen molar-refractivity contribution in [2.24, 2.45) is 0 Å². The van der Waals surface area contributed by atoms with Crippen molar-refractivity contribution in [2.75, 3.05) is 24.6 Å². The molecule has 206 valence electrons. The minimum atomic E-state index is -1.30. The van der Waals surface area contributed by atoms with Crippen molar-refractivity contribution in [3.05, 3.63) is 58.8 Å². The summed E-state index contributed by atoms with van der Waals surface area (Å²) >= 11 is 0. The second kappa shape index (κ2) is 10.8. The van der Waals surface area contributed by atoms with Crippen LogP contribution >= 0.6 is 0 Å². The Labute approximate surface area is 228 Å². The van der Waals surface area contributed by atoms with Gasteiger partial charge in [0, 0.05) is 50.8 Å². The molecule has 1 aliphatic heterocycles. The molecule has 1 fully saturated rings. The van der Waals surface area contributed by atoms with Crippen LogP contribution in [0.15, 0.2) is 47.5 Å². The smallest absolute Gasteiger partial charge is 0.432 e. The summed E-state index contributed by atoms with van der Waals surface area (Å²) in [6.07, 6.45) is 4.89. The minimum absolute atomic E-state index is 0.251. The van der Waals surface area contributed by atoms with Crippen LogP contribution in [0, 0.1) is 6.92 Å². The highest BCUT2D eigenvalue weighted by Crippen LogP contribution is 2.37. The van der Waals surface area contributed by atoms with Crippen LogP contribution in [0.3, 0.4) is 0 Å². The topological polar surface area (TPSA) is 107 Å². The van der Waals surface area contributed by atoms with Gasteiger partial charge in [-0.05, 0) is 32.2 Å². The van der Waals surface area contributed by atoms with Crippen LogP contribution in [0.2, 0.25) is 25.7 Å². The lowest BCUT2D eigenvalue weighted by Gasteiger charge is -2.29. The van der Waals surface area contributed by atoms with Crippen LogP contribution in [-0.4, -0.2) is 62.9 Å². The normalized spacial score (nSPS) is 14.3. The van der Waals surface area contributed by atoms with Crippen LogP contribution in [0.5, 0.6) is 0 Å². The van der Waals surface area contributed by atoms with Crippen molar-refractivity contribution in [3.63, 3.8) is 0 Å². The van der Waals surface area contributed by atoms with Crippen molar-refractivity contribution in [3.8, 4) is 22.4 Å². The molecule has 4 aromatic rings. The lowest BCUT2D eigenvalue weighted by atomic mass is 10.1. The highest BCUT2D eigenvalue weighted by atomic mass is 28.3. The summed E-state index contributed by atoms with van der Waals surface area (Å²) in [6.45, 7) is 11.5. The summed E-state index contributed by atoms with van der Waals surface area (Å²) in [5.74, 6) is 0. The maximum absolute atomic E-state index is 14.1. The monoisotopic (exact) mass is 548 g/mol. The molecule has 10 nitrogen and oxygen atoms in total. The van der Waals surface area contributed by atoms with Gasteiger partial charge in [0.1, 0.15) is 18.1 Å². The van der Waals surface area contributed by atoms with E-state index in [2.05, 4.69) is 29.6 Å². The van der Waals surface area contributed by atoms with Gasteiger partial charge in [-0.1, -0.05) is 50.0 Å². The average Bonchev–Trinajstić information content (AvgIpc) is 3.55. The van der Waals surface area contributed by atoms with Gasteiger partial charge in [0.05, 0.1) is 11.8 Å². The molecule has 1 saturated heterocycles. The molecule has 5 rings (SSSR count). The Hall–Kier alpha value is -3.70. The molecule has 0 saturated carbocycles. The summed E-state index contributed by atoms with van der Waals surface area (Å²) in [5, 5.41) is 18.2. The van der Waals surface area contributed by atoms with E-state index < -0.39 is 14.2 Å². The van der Waals surface area contributed by atoms with Crippen LogP contribution in [0.4, 0.5) is 10.5 Å². The number of benzene rings is 1. The Morgan fingerprint density at radius 3 is 2.44 bits per heavy atom. The number of aromatic nitrogens is 5. The number of fused-ring (bicyclic) bond motifs is 1. The van der Waals surface area contributed by atoms with E-state index in [1.54, 1.807) is 0 Å². The molecule has 0 bridgehead atoms. The van der Waals surface area contributed by atoms with Gasteiger partial charge >= 0.3 is 6.09 Å². The standard InChI is InChI=1S/C28H36N6O4Si/c1-20-23(22-17-29-33(18-22)28(36)37)27(35)34-26(32(20)19-38-15-16-39(2,3)4)25(31-13-9-6-10-14-31)24(30-34)21-11-7-5-8-12-21/h5,7-8,11-12,17-18H,6,9-10,13-16,19H2,1-4H3,(H,36,37). The molecule has 3 aromatic heterocycles. The van der Waals surface area contributed by atoms with Gasteiger partial charge in [0.15, 0.2) is 5.65 Å². The number of rotatable bonds is 8. The number of carbonyl (C=O) groups is 1. The van der Waals surface area contributed by atoms with Crippen molar-refractivity contribution in [1.82, 2.24) is 24.0 Å². The molecule has 0 atom stereocenters. The molecule has 1 aliphatic rings. The maximum Gasteiger partial charge on any atom is 0.432 e. The molecule has 1 N–H and O–H groups in total. The van der Waals surface area contributed by atoms with E-state index in [-0.39, 0.29) is 12.3 Å². The number of piperidine rings is 1. The third-order valence-corrected chi connectivity index (χ3v) is 8.97. The van der Waals surface area contributed by atoms with Crippen LogP contribution < -0.4 is 10.5 Å². The Morgan fingerprint density at radius 2 is 1.79 bits per heavy atom. The zero-order valence-corrected chi connectivity index (χ0v) is 24.1. The van der Waals surface area contributed by atoms with E-state index in [0.717, 1.165) is 53.6 Å². The first kappa shape index (κ1) is 26.9. The number of nitrogens with zero attached hydrogens (tertiary/aromatic N) is 6. The number of ether oxygens (including phenoxy) is 1. The van der Waals surface area contributed by atoms with E-state index >= 15 is 0 Å². The second-order valence-corrected chi connectivity index (χ2v) is 17.0. The number of anilines is 1. The molecule has 11 heteroatoms. The maximum atomic E-state index is 14.1. The molecular weight excluding hydrogens is 512 g/mol. The summed E-state index contributed by atoms with van der Waals surface area (Å²) in [5.41, 5.74) is 4.47. The summed E-state index contributed by atoms with van der Waals surface area (Å²) in [6, 6.07) is 11.0. The fraction of sp³-hybridized carbons (Fsp3) is 0.429. The lowest BCUT2D eigenvalue weighted by molar-refractivity contribution is 0.0878. The Balaban J connectivity index is 1.75. The Morgan fingerprint density at radius 1 is 1.08 bits per heavy atom. The van der Waals surface area contributed by atoms with Crippen LogP contribution in [0.1, 0.15) is 25.0 Å². The fourth-order valence-corrected chi connectivity index (χ4v) is 5.88. The molecular formula is C28H36N6O4Si. The van der Waals surface area contributed by atoms with E-state index in [1.807, 2.05) is 41.8 Å². The predicted molar refractivity (Wildman–Crippen MR) is 154 cm³/mol. The van der Waals surface area contributed by atoms with Gasteiger partial charge in [-0.15, -0.1) is 0 Å². The molecule has 1 aromatic carbocycles. The predicted octanol–water partition coefficient (Wildman–Crippen LogP) is 5.16. The van der Waals surface area contributed by atoms with E-state index in [0.29, 0.717) is 29.1 Å². The highest BCUT2D eigenvalue weighted by Gasteiger charge is 2.28. The molecule has 4 heterocycles. The molecule has 39 heavy (non-hydrogen) atoms.